The van der Waals surface area contributed by atoms with Crippen LogP contribution in [-0.2, 0) is 0 Å². The Morgan fingerprint density at radius 2 is 1.81 bits per heavy atom. The summed E-state index contributed by atoms with van der Waals surface area (Å²) in [6, 6.07) is 0.917. The van der Waals surface area contributed by atoms with Gasteiger partial charge in [0.2, 0.25) is 0 Å². The number of nitrogens with one attached hydrogen (secondary N) is 1. The maximum absolute atomic E-state index is 6.31. The monoisotopic (exact) mass is 220 g/mol. The lowest BCUT2D eigenvalue weighted by Gasteiger charge is -2.41. The van der Waals surface area contributed by atoms with Crippen molar-refractivity contribution in [3.8, 4) is 0 Å². The van der Waals surface area contributed by atoms with Gasteiger partial charge in [-0.25, -0.2) is 0 Å². The Labute approximate surface area is 98.7 Å². The van der Waals surface area contributed by atoms with E-state index in [0.29, 0.717) is 12.1 Å². The van der Waals surface area contributed by atoms with E-state index in [-0.39, 0.29) is 0 Å². The highest BCUT2D eigenvalue weighted by molar-refractivity contribution is 5.09. The summed E-state index contributed by atoms with van der Waals surface area (Å²) in [6.07, 6.45) is 14.4. The van der Waals surface area contributed by atoms with Crippen molar-refractivity contribution in [3.05, 3.63) is 12.3 Å². The molecular weight excluding hydrogens is 196 g/mol. The van der Waals surface area contributed by atoms with Crippen LogP contribution in [-0.4, -0.2) is 12.1 Å². The number of fused-ring (bicyclic) bond motifs is 1. The van der Waals surface area contributed by atoms with Gasteiger partial charge in [0.15, 0.2) is 0 Å². The van der Waals surface area contributed by atoms with Crippen molar-refractivity contribution in [1.29, 1.82) is 0 Å². The fourth-order valence-corrected chi connectivity index (χ4v) is 4.13. The van der Waals surface area contributed by atoms with E-state index in [2.05, 4.69) is 17.6 Å². The zero-order valence-corrected chi connectivity index (χ0v) is 10.1. The fraction of sp³-hybridized carbons (Fsp3) is 0.857. The van der Waals surface area contributed by atoms with E-state index in [9.17, 15) is 0 Å². The highest BCUT2D eigenvalue weighted by Gasteiger charge is 2.39. The van der Waals surface area contributed by atoms with Crippen LogP contribution in [0.25, 0.3) is 0 Å². The molecule has 0 aromatic rings. The van der Waals surface area contributed by atoms with Gasteiger partial charge in [0.05, 0.1) is 0 Å². The fourth-order valence-electron chi connectivity index (χ4n) is 4.13. The molecule has 3 aliphatic rings. The van der Waals surface area contributed by atoms with E-state index in [0.717, 1.165) is 17.8 Å². The molecule has 4 unspecified atom stereocenters. The van der Waals surface area contributed by atoms with Crippen LogP contribution in [0.2, 0.25) is 0 Å². The summed E-state index contributed by atoms with van der Waals surface area (Å²) >= 11 is 0. The molecular formula is C14H24N2. The van der Waals surface area contributed by atoms with Crippen molar-refractivity contribution in [2.45, 2.75) is 57.0 Å². The number of hydrogen-bond donors (Lipinski definition) is 2. The van der Waals surface area contributed by atoms with Gasteiger partial charge >= 0.3 is 0 Å². The zero-order chi connectivity index (χ0) is 11.0. The molecule has 0 aromatic carbocycles. The predicted molar refractivity (Wildman–Crippen MR) is 66.8 cm³/mol. The first-order chi connectivity index (χ1) is 7.84. The molecule has 2 saturated carbocycles. The number of nitrogens with two attached hydrogens (primary N) is 1. The van der Waals surface area contributed by atoms with Gasteiger partial charge in [0.1, 0.15) is 0 Å². The van der Waals surface area contributed by atoms with Gasteiger partial charge in [-0.3, -0.25) is 0 Å². The molecule has 2 fully saturated rings. The van der Waals surface area contributed by atoms with Gasteiger partial charge < -0.3 is 11.1 Å². The molecule has 3 rings (SSSR count). The quantitative estimate of drug-likeness (QED) is 0.712. The summed E-state index contributed by atoms with van der Waals surface area (Å²) in [4.78, 5) is 0. The highest BCUT2D eigenvalue weighted by atomic mass is 15.0. The molecule has 16 heavy (non-hydrogen) atoms. The standard InChI is InChI=1S/C14H24N2/c15-13-9-12(10-4-2-1-3-5-10)8-11-6-7-16-14(11)13/h6-7,10-14,16H,1-5,8-9,15H2. The molecule has 4 atom stereocenters. The summed E-state index contributed by atoms with van der Waals surface area (Å²) in [5.41, 5.74) is 6.31. The molecule has 0 amide bonds. The van der Waals surface area contributed by atoms with E-state index in [1.807, 2.05) is 0 Å². The van der Waals surface area contributed by atoms with Crippen molar-refractivity contribution in [2.75, 3.05) is 0 Å². The van der Waals surface area contributed by atoms with Gasteiger partial charge in [-0.1, -0.05) is 38.2 Å². The highest BCUT2D eigenvalue weighted by Crippen LogP contribution is 2.41. The Hall–Kier alpha value is -0.500. The van der Waals surface area contributed by atoms with Crippen LogP contribution in [0, 0.1) is 17.8 Å². The van der Waals surface area contributed by atoms with Gasteiger partial charge in [0.25, 0.3) is 0 Å². The molecule has 90 valence electrons. The molecule has 0 saturated heterocycles. The Bertz CT molecular complexity index is 268. The summed E-state index contributed by atoms with van der Waals surface area (Å²) in [7, 11) is 0. The van der Waals surface area contributed by atoms with Crippen molar-refractivity contribution in [1.82, 2.24) is 5.32 Å². The Morgan fingerprint density at radius 3 is 2.62 bits per heavy atom. The van der Waals surface area contributed by atoms with Crippen LogP contribution in [0.4, 0.5) is 0 Å². The lowest BCUT2D eigenvalue weighted by molar-refractivity contribution is 0.145. The van der Waals surface area contributed by atoms with Crippen LogP contribution < -0.4 is 11.1 Å². The van der Waals surface area contributed by atoms with E-state index in [4.69, 9.17) is 5.73 Å². The minimum atomic E-state index is 0.376. The average Bonchev–Trinajstić information content (AvgIpc) is 2.79. The maximum atomic E-state index is 6.31. The summed E-state index contributed by atoms with van der Waals surface area (Å²) < 4.78 is 0. The lowest BCUT2D eigenvalue weighted by Crippen LogP contribution is -2.50. The van der Waals surface area contributed by atoms with Crippen LogP contribution in [0.5, 0.6) is 0 Å². The summed E-state index contributed by atoms with van der Waals surface area (Å²) in [5.74, 6) is 2.60. The van der Waals surface area contributed by atoms with E-state index < -0.39 is 0 Å². The minimum Gasteiger partial charge on any atom is -0.386 e. The third-order valence-electron chi connectivity index (χ3n) is 5.02. The van der Waals surface area contributed by atoms with Crippen molar-refractivity contribution in [3.63, 3.8) is 0 Å². The van der Waals surface area contributed by atoms with E-state index in [1.165, 1.54) is 44.9 Å². The SMILES string of the molecule is NC1CC(C2CCCCC2)CC2C=CNC12. The molecule has 0 spiro atoms. The Morgan fingerprint density at radius 1 is 1.00 bits per heavy atom. The molecule has 2 aliphatic carbocycles. The lowest BCUT2D eigenvalue weighted by atomic mass is 9.68. The molecule has 0 radical (unpaired) electrons. The van der Waals surface area contributed by atoms with Crippen LogP contribution >= 0.6 is 0 Å². The molecule has 3 N–H and O–H groups in total. The van der Waals surface area contributed by atoms with Crippen LogP contribution in [0.3, 0.4) is 0 Å². The average molecular weight is 220 g/mol. The van der Waals surface area contributed by atoms with Gasteiger partial charge in [-0.05, 0) is 30.9 Å². The Kier molecular flexibility index (Phi) is 2.93. The molecule has 2 heteroatoms. The van der Waals surface area contributed by atoms with E-state index in [1.54, 1.807) is 0 Å². The molecule has 1 heterocycles. The third kappa shape index (κ3) is 1.88. The first-order valence-corrected chi connectivity index (χ1v) is 7.03. The van der Waals surface area contributed by atoms with Crippen LogP contribution in [0.15, 0.2) is 12.3 Å². The van der Waals surface area contributed by atoms with Crippen molar-refractivity contribution >= 4 is 0 Å². The summed E-state index contributed by atoms with van der Waals surface area (Å²) in [5, 5.41) is 3.43. The van der Waals surface area contributed by atoms with Crippen molar-refractivity contribution < 1.29 is 0 Å². The maximum Gasteiger partial charge on any atom is 0.0470 e. The second-order valence-electron chi connectivity index (χ2n) is 6.01. The largest absolute Gasteiger partial charge is 0.386 e. The molecule has 0 aromatic heterocycles. The molecule has 2 nitrogen and oxygen atoms in total. The van der Waals surface area contributed by atoms with E-state index >= 15 is 0 Å². The summed E-state index contributed by atoms with van der Waals surface area (Å²) in [6.45, 7) is 0. The van der Waals surface area contributed by atoms with Gasteiger partial charge in [0, 0.05) is 18.0 Å². The first-order valence-electron chi connectivity index (χ1n) is 7.03. The first kappa shape index (κ1) is 10.6. The molecule has 1 aliphatic heterocycles. The zero-order valence-electron chi connectivity index (χ0n) is 10.1. The normalized spacial score (nSPS) is 44.1. The second-order valence-corrected chi connectivity index (χ2v) is 6.01. The Balaban J connectivity index is 1.65. The number of hydrogen-bond acceptors (Lipinski definition) is 2. The predicted octanol–water partition coefficient (Wildman–Crippen LogP) is 2.41. The minimum absolute atomic E-state index is 0.376. The van der Waals surface area contributed by atoms with Gasteiger partial charge in [-0.15, -0.1) is 0 Å². The third-order valence-corrected chi connectivity index (χ3v) is 5.02. The number of rotatable bonds is 1. The van der Waals surface area contributed by atoms with Crippen molar-refractivity contribution in [2.24, 2.45) is 23.5 Å². The second kappa shape index (κ2) is 4.40. The van der Waals surface area contributed by atoms with Gasteiger partial charge in [-0.2, -0.15) is 0 Å². The van der Waals surface area contributed by atoms with Crippen LogP contribution in [0.1, 0.15) is 44.9 Å². The topological polar surface area (TPSA) is 38.0 Å². The molecule has 0 bridgehead atoms. The smallest absolute Gasteiger partial charge is 0.0470 e.